The topological polar surface area (TPSA) is 76.1 Å². The summed E-state index contributed by atoms with van der Waals surface area (Å²) in [5, 5.41) is 9.78. The van der Waals surface area contributed by atoms with Crippen molar-refractivity contribution in [2.24, 2.45) is 0 Å². The Morgan fingerprint density at radius 2 is 1.06 bits per heavy atom. The predicted octanol–water partition coefficient (Wildman–Crippen LogP) is 5.26. The van der Waals surface area contributed by atoms with Gasteiger partial charge in [-0.1, -0.05) is 84.0 Å². The van der Waals surface area contributed by atoms with E-state index in [4.69, 9.17) is 9.47 Å². The lowest BCUT2D eigenvalue weighted by molar-refractivity contribution is -0.152. The number of hydrogen-bond acceptors (Lipinski definition) is 6. The first-order chi connectivity index (χ1) is 15.0. The smallest absolute Gasteiger partial charge is 0.305 e. The van der Waals surface area contributed by atoms with Crippen molar-refractivity contribution < 1.29 is 24.2 Å². The van der Waals surface area contributed by atoms with Gasteiger partial charge in [0.1, 0.15) is 19.3 Å². The highest BCUT2D eigenvalue weighted by atomic mass is 16.6. The zero-order valence-electron chi connectivity index (χ0n) is 20.5. The van der Waals surface area contributed by atoms with Crippen molar-refractivity contribution in [3.63, 3.8) is 0 Å². The quantitative estimate of drug-likeness (QED) is 0.182. The summed E-state index contributed by atoms with van der Waals surface area (Å²) in [5.74, 6) is -0.626. The Morgan fingerprint density at radius 1 is 0.677 bits per heavy atom. The van der Waals surface area contributed by atoms with E-state index in [-0.39, 0.29) is 25.2 Å². The molecule has 0 aromatic carbocycles. The zero-order valence-corrected chi connectivity index (χ0v) is 20.5. The molecule has 0 unspecified atom stereocenters. The number of unbranched alkanes of at least 4 members (excludes halogenated alkanes) is 12. The number of carbonyl (C=O) groups is 2. The molecule has 1 N–H and O–H groups in total. The molecule has 0 aromatic heterocycles. The number of aliphatic hydroxyl groups is 1. The fraction of sp³-hybridized carbons (Fsp3) is 0.920. The third kappa shape index (κ3) is 23.4. The lowest BCUT2D eigenvalue weighted by Gasteiger charge is -2.13. The van der Waals surface area contributed by atoms with Crippen molar-refractivity contribution in [1.82, 2.24) is 4.90 Å². The van der Waals surface area contributed by atoms with Crippen LogP contribution in [0.15, 0.2) is 0 Å². The van der Waals surface area contributed by atoms with Gasteiger partial charge in [0.25, 0.3) is 0 Å². The molecule has 0 bridgehead atoms. The van der Waals surface area contributed by atoms with E-state index in [0.717, 1.165) is 32.2 Å². The van der Waals surface area contributed by atoms with Crippen LogP contribution in [0.2, 0.25) is 0 Å². The van der Waals surface area contributed by atoms with Gasteiger partial charge < -0.3 is 19.5 Å². The second-order valence-corrected chi connectivity index (χ2v) is 8.92. The first-order valence-corrected chi connectivity index (χ1v) is 12.6. The molecule has 0 aromatic rings. The summed E-state index contributed by atoms with van der Waals surface area (Å²) in [6, 6.07) is 0. The lowest BCUT2D eigenvalue weighted by Crippen LogP contribution is -2.25. The van der Waals surface area contributed by atoms with Crippen LogP contribution in [0.5, 0.6) is 0 Å². The molecule has 0 aliphatic carbocycles. The molecule has 6 nitrogen and oxygen atoms in total. The van der Waals surface area contributed by atoms with Gasteiger partial charge >= 0.3 is 11.9 Å². The molecule has 31 heavy (non-hydrogen) atoms. The average molecular weight is 444 g/mol. The minimum Gasteiger partial charge on any atom is -0.463 e. The normalized spacial score (nSPS) is 12.2. The van der Waals surface area contributed by atoms with Gasteiger partial charge in [-0.25, -0.2) is 0 Å². The summed E-state index contributed by atoms with van der Waals surface area (Å²) in [7, 11) is 3.89. The van der Waals surface area contributed by atoms with E-state index < -0.39 is 6.10 Å². The minimum absolute atomic E-state index is 0.123. The van der Waals surface area contributed by atoms with Gasteiger partial charge in [0.2, 0.25) is 0 Å². The molecule has 1 atom stereocenters. The fourth-order valence-corrected chi connectivity index (χ4v) is 3.40. The standard InChI is InChI=1S/C25H49NO5/c1-4-5-6-7-8-9-10-11-12-13-14-15-16-18-24(28)30-21-23(27)22-31-25(29)19-17-20-26(2)3/h23,27H,4-22H2,1-3H3/t23-/m0/s1. The van der Waals surface area contributed by atoms with Gasteiger partial charge in [-0.2, -0.15) is 0 Å². The Balaban J connectivity index is 3.41. The number of rotatable bonds is 22. The van der Waals surface area contributed by atoms with E-state index >= 15 is 0 Å². The fourth-order valence-electron chi connectivity index (χ4n) is 3.40. The summed E-state index contributed by atoms with van der Waals surface area (Å²) in [6.07, 6.45) is 16.9. The van der Waals surface area contributed by atoms with E-state index in [1.807, 2.05) is 19.0 Å². The molecule has 0 radical (unpaired) electrons. The maximum Gasteiger partial charge on any atom is 0.305 e. The molecular formula is C25H49NO5. The Bertz CT molecular complexity index is 428. The van der Waals surface area contributed by atoms with Crippen molar-refractivity contribution in [2.45, 2.75) is 116 Å². The van der Waals surface area contributed by atoms with E-state index in [2.05, 4.69) is 6.92 Å². The molecule has 0 aliphatic rings. The summed E-state index contributed by atoms with van der Waals surface area (Å²) in [6.45, 7) is 2.81. The minimum atomic E-state index is -0.964. The maximum absolute atomic E-state index is 11.7. The Kier molecular flexibility index (Phi) is 21.3. The largest absolute Gasteiger partial charge is 0.463 e. The second-order valence-electron chi connectivity index (χ2n) is 8.92. The third-order valence-corrected chi connectivity index (χ3v) is 5.34. The Hall–Kier alpha value is -1.14. The highest BCUT2D eigenvalue weighted by molar-refractivity contribution is 5.69. The number of carbonyl (C=O) groups excluding carboxylic acids is 2. The van der Waals surface area contributed by atoms with E-state index in [1.165, 1.54) is 64.2 Å². The number of hydrogen-bond donors (Lipinski definition) is 1. The van der Waals surface area contributed by atoms with Crippen LogP contribution in [0.1, 0.15) is 110 Å². The van der Waals surface area contributed by atoms with Gasteiger partial charge in [0.15, 0.2) is 0 Å². The highest BCUT2D eigenvalue weighted by Crippen LogP contribution is 2.13. The van der Waals surface area contributed by atoms with Gasteiger partial charge in [0, 0.05) is 12.8 Å². The van der Waals surface area contributed by atoms with Gasteiger partial charge in [-0.15, -0.1) is 0 Å². The van der Waals surface area contributed by atoms with Crippen LogP contribution < -0.4 is 0 Å². The SMILES string of the molecule is CCCCCCCCCCCCCCCC(=O)OC[C@H](O)COC(=O)CCCN(C)C. The maximum atomic E-state index is 11.7. The molecular weight excluding hydrogens is 394 g/mol. The third-order valence-electron chi connectivity index (χ3n) is 5.34. The Labute approximate surface area is 191 Å². The van der Waals surface area contributed by atoms with Crippen molar-refractivity contribution >= 4 is 11.9 Å². The van der Waals surface area contributed by atoms with Crippen LogP contribution in [0.3, 0.4) is 0 Å². The highest BCUT2D eigenvalue weighted by Gasteiger charge is 2.12. The van der Waals surface area contributed by atoms with Crippen molar-refractivity contribution in [3.8, 4) is 0 Å². The summed E-state index contributed by atoms with van der Waals surface area (Å²) >= 11 is 0. The van der Waals surface area contributed by atoms with Crippen LogP contribution in [-0.2, 0) is 19.1 Å². The Morgan fingerprint density at radius 3 is 1.48 bits per heavy atom. The van der Waals surface area contributed by atoms with Crippen molar-refractivity contribution in [2.75, 3.05) is 33.9 Å². The van der Waals surface area contributed by atoms with Crippen LogP contribution >= 0.6 is 0 Å². The van der Waals surface area contributed by atoms with Crippen molar-refractivity contribution in [1.29, 1.82) is 0 Å². The van der Waals surface area contributed by atoms with Crippen LogP contribution in [0.4, 0.5) is 0 Å². The van der Waals surface area contributed by atoms with Gasteiger partial charge in [-0.05, 0) is 33.5 Å². The van der Waals surface area contributed by atoms with Crippen LogP contribution in [0.25, 0.3) is 0 Å². The van der Waals surface area contributed by atoms with Crippen LogP contribution in [0, 0.1) is 0 Å². The zero-order chi connectivity index (χ0) is 23.2. The first kappa shape index (κ1) is 29.9. The molecule has 0 spiro atoms. The van der Waals surface area contributed by atoms with Gasteiger partial charge in [-0.3, -0.25) is 9.59 Å². The lowest BCUT2D eigenvalue weighted by atomic mass is 10.0. The molecule has 0 fully saturated rings. The average Bonchev–Trinajstić information content (AvgIpc) is 2.73. The molecule has 0 aliphatic heterocycles. The number of ether oxygens (including phenoxy) is 2. The van der Waals surface area contributed by atoms with E-state index in [0.29, 0.717) is 12.8 Å². The number of nitrogens with zero attached hydrogens (tertiary/aromatic N) is 1. The van der Waals surface area contributed by atoms with E-state index in [1.54, 1.807) is 0 Å². The molecule has 184 valence electrons. The second kappa shape index (κ2) is 22.1. The van der Waals surface area contributed by atoms with E-state index in [9.17, 15) is 14.7 Å². The first-order valence-electron chi connectivity index (χ1n) is 12.6. The monoisotopic (exact) mass is 443 g/mol. The molecule has 0 rings (SSSR count). The summed E-state index contributed by atoms with van der Waals surface area (Å²) < 4.78 is 10.1. The van der Waals surface area contributed by atoms with Crippen molar-refractivity contribution in [3.05, 3.63) is 0 Å². The predicted molar refractivity (Wildman–Crippen MR) is 126 cm³/mol. The molecule has 6 heteroatoms. The number of aliphatic hydroxyl groups excluding tert-OH is 1. The molecule has 0 saturated carbocycles. The number of esters is 2. The molecule has 0 heterocycles. The van der Waals surface area contributed by atoms with Gasteiger partial charge in [0.05, 0.1) is 0 Å². The van der Waals surface area contributed by atoms with Crippen LogP contribution in [-0.4, -0.2) is 61.9 Å². The molecule has 0 saturated heterocycles. The molecule has 0 amide bonds. The summed E-state index contributed by atoms with van der Waals surface area (Å²) in [5.41, 5.74) is 0. The summed E-state index contributed by atoms with van der Waals surface area (Å²) in [4.78, 5) is 25.3.